The Labute approximate surface area is 153 Å². The number of anilines is 3. The number of hydrogen-bond donors (Lipinski definition) is 1. The molecule has 2 aromatic heterocycles. The third-order valence-electron chi connectivity index (χ3n) is 4.91. The van der Waals surface area contributed by atoms with Crippen molar-refractivity contribution in [3.8, 4) is 0 Å². The zero-order valence-corrected chi connectivity index (χ0v) is 15.5. The normalized spacial score (nSPS) is 17.5. The van der Waals surface area contributed by atoms with E-state index in [-0.39, 0.29) is 0 Å². The third-order valence-corrected chi connectivity index (χ3v) is 4.91. The molecular formula is C20H24N6. The SMILES string of the molecule is Cc1ccc(C)c(Nc2nc(N3CCCC(C)C3)nc3nccnc23)c1. The fraction of sp³-hybridized carbons (Fsp3) is 0.400. The van der Waals surface area contributed by atoms with Crippen LogP contribution in [0.4, 0.5) is 17.5 Å². The number of aromatic nitrogens is 4. The minimum absolute atomic E-state index is 0.628. The van der Waals surface area contributed by atoms with Crippen LogP contribution in [0, 0.1) is 19.8 Å². The third kappa shape index (κ3) is 3.31. The van der Waals surface area contributed by atoms with Gasteiger partial charge in [0.15, 0.2) is 17.0 Å². The molecule has 134 valence electrons. The summed E-state index contributed by atoms with van der Waals surface area (Å²) in [5.74, 6) is 2.10. The highest BCUT2D eigenvalue weighted by Gasteiger charge is 2.21. The number of fused-ring (bicyclic) bond motifs is 1. The van der Waals surface area contributed by atoms with Gasteiger partial charge in [-0.05, 0) is 49.8 Å². The second-order valence-corrected chi connectivity index (χ2v) is 7.24. The monoisotopic (exact) mass is 348 g/mol. The molecule has 0 saturated carbocycles. The van der Waals surface area contributed by atoms with Gasteiger partial charge in [-0.15, -0.1) is 0 Å². The van der Waals surface area contributed by atoms with Crippen LogP contribution in [0.1, 0.15) is 30.9 Å². The molecule has 1 N–H and O–H groups in total. The van der Waals surface area contributed by atoms with Crippen molar-refractivity contribution in [2.24, 2.45) is 5.92 Å². The average Bonchev–Trinajstić information content (AvgIpc) is 2.64. The highest BCUT2D eigenvalue weighted by molar-refractivity contribution is 5.86. The van der Waals surface area contributed by atoms with Gasteiger partial charge in [0, 0.05) is 31.2 Å². The maximum Gasteiger partial charge on any atom is 0.229 e. The van der Waals surface area contributed by atoms with Crippen LogP contribution in [0.3, 0.4) is 0 Å². The van der Waals surface area contributed by atoms with Gasteiger partial charge in [0.05, 0.1) is 0 Å². The van der Waals surface area contributed by atoms with E-state index in [0.717, 1.165) is 24.7 Å². The van der Waals surface area contributed by atoms with E-state index in [0.29, 0.717) is 22.9 Å². The lowest BCUT2D eigenvalue weighted by Gasteiger charge is -2.31. The fourth-order valence-electron chi connectivity index (χ4n) is 3.45. The first-order valence-corrected chi connectivity index (χ1v) is 9.18. The maximum absolute atomic E-state index is 4.83. The smallest absolute Gasteiger partial charge is 0.229 e. The molecule has 0 amide bonds. The van der Waals surface area contributed by atoms with Crippen molar-refractivity contribution < 1.29 is 0 Å². The maximum atomic E-state index is 4.83. The van der Waals surface area contributed by atoms with Crippen LogP contribution in [0.15, 0.2) is 30.6 Å². The van der Waals surface area contributed by atoms with E-state index in [4.69, 9.17) is 4.98 Å². The summed E-state index contributed by atoms with van der Waals surface area (Å²) in [5, 5.41) is 3.47. The highest BCUT2D eigenvalue weighted by Crippen LogP contribution is 2.28. The summed E-state index contributed by atoms with van der Waals surface area (Å²) in [7, 11) is 0. The molecule has 1 fully saturated rings. The van der Waals surface area contributed by atoms with Crippen molar-refractivity contribution in [3.63, 3.8) is 0 Å². The van der Waals surface area contributed by atoms with Gasteiger partial charge in [-0.3, -0.25) is 0 Å². The first-order chi connectivity index (χ1) is 12.6. The minimum atomic E-state index is 0.628. The molecule has 1 unspecified atom stereocenters. The Bertz CT molecular complexity index is 939. The van der Waals surface area contributed by atoms with E-state index in [1.165, 1.54) is 24.0 Å². The van der Waals surface area contributed by atoms with Gasteiger partial charge in [-0.2, -0.15) is 9.97 Å². The van der Waals surface area contributed by atoms with Gasteiger partial charge < -0.3 is 10.2 Å². The fourth-order valence-corrected chi connectivity index (χ4v) is 3.45. The summed E-state index contributed by atoms with van der Waals surface area (Å²) in [6.45, 7) is 8.42. The summed E-state index contributed by atoms with van der Waals surface area (Å²) in [6.07, 6.45) is 5.79. The molecule has 0 radical (unpaired) electrons. The standard InChI is InChI=1S/C20H24N6/c1-13-6-7-15(3)16(11-13)23-19-17-18(22-9-8-21-17)24-20(25-19)26-10-4-5-14(2)12-26/h6-9,11,14H,4-5,10,12H2,1-3H3,(H,22,23,24,25). The van der Waals surface area contributed by atoms with Gasteiger partial charge in [0.25, 0.3) is 0 Å². The van der Waals surface area contributed by atoms with E-state index in [9.17, 15) is 0 Å². The Kier molecular flexibility index (Phi) is 4.41. The second-order valence-electron chi connectivity index (χ2n) is 7.24. The van der Waals surface area contributed by atoms with E-state index in [1.54, 1.807) is 12.4 Å². The zero-order valence-electron chi connectivity index (χ0n) is 15.5. The minimum Gasteiger partial charge on any atom is -0.340 e. The molecule has 0 aliphatic carbocycles. The van der Waals surface area contributed by atoms with E-state index < -0.39 is 0 Å². The number of rotatable bonds is 3. The van der Waals surface area contributed by atoms with Gasteiger partial charge in [0.1, 0.15) is 0 Å². The van der Waals surface area contributed by atoms with Gasteiger partial charge >= 0.3 is 0 Å². The molecule has 4 rings (SSSR count). The largest absolute Gasteiger partial charge is 0.340 e. The van der Waals surface area contributed by atoms with Crippen LogP contribution in [-0.2, 0) is 0 Å². The van der Waals surface area contributed by atoms with Crippen molar-refractivity contribution in [2.75, 3.05) is 23.3 Å². The summed E-state index contributed by atoms with van der Waals surface area (Å²) >= 11 is 0. The van der Waals surface area contributed by atoms with Gasteiger partial charge in [0.2, 0.25) is 5.95 Å². The van der Waals surface area contributed by atoms with Gasteiger partial charge in [-0.25, -0.2) is 9.97 Å². The molecule has 1 atom stereocenters. The Morgan fingerprint density at radius 3 is 2.81 bits per heavy atom. The van der Waals surface area contributed by atoms with Crippen LogP contribution in [0.2, 0.25) is 0 Å². The lowest BCUT2D eigenvalue weighted by atomic mass is 10.0. The molecule has 1 aliphatic rings. The van der Waals surface area contributed by atoms with Crippen LogP contribution >= 0.6 is 0 Å². The molecule has 1 saturated heterocycles. The summed E-state index contributed by atoms with van der Waals surface area (Å²) in [4.78, 5) is 20.6. The van der Waals surface area contributed by atoms with Crippen molar-refractivity contribution in [2.45, 2.75) is 33.6 Å². The Hall–Kier alpha value is -2.76. The first-order valence-electron chi connectivity index (χ1n) is 9.18. The van der Waals surface area contributed by atoms with E-state index >= 15 is 0 Å². The number of nitrogens with zero attached hydrogens (tertiary/aromatic N) is 5. The quantitative estimate of drug-likeness (QED) is 0.771. The zero-order chi connectivity index (χ0) is 18.1. The Balaban J connectivity index is 1.78. The summed E-state index contributed by atoms with van der Waals surface area (Å²) in [6, 6.07) is 6.35. The Morgan fingerprint density at radius 2 is 1.96 bits per heavy atom. The lowest BCUT2D eigenvalue weighted by molar-refractivity contribution is 0.442. The van der Waals surface area contributed by atoms with Crippen molar-refractivity contribution in [1.82, 2.24) is 19.9 Å². The molecule has 3 heterocycles. The molecule has 6 nitrogen and oxygen atoms in total. The summed E-state index contributed by atoms with van der Waals surface area (Å²) < 4.78 is 0. The van der Waals surface area contributed by atoms with E-state index in [2.05, 4.69) is 64.1 Å². The number of nitrogens with one attached hydrogen (secondary N) is 1. The van der Waals surface area contributed by atoms with Crippen LogP contribution in [0.25, 0.3) is 11.2 Å². The van der Waals surface area contributed by atoms with Crippen LogP contribution in [-0.4, -0.2) is 33.0 Å². The molecule has 0 spiro atoms. The summed E-state index contributed by atoms with van der Waals surface area (Å²) in [5.41, 5.74) is 4.73. The molecule has 6 heteroatoms. The van der Waals surface area contributed by atoms with Gasteiger partial charge in [-0.1, -0.05) is 19.1 Å². The second kappa shape index (κ2) is 6.86. The lowest BCUT2D eigenvalue weighted by Crippen LogP contribution is -2.35. The molecule has 1 aliphatic heterocycles. The molecule has 0 bridgehead atoms. The topological polar surface area (TPSA) is 66.8 Å². The van der Waals surface area contributed by atoms with E-state index in [1.807, 2.05) is 0 Å². The number of benzene rings is 1. The van der Waals surface area contributed by atoms with Crippen molar-refractivity contribution in [1.29, 1.82) is 0 Å². The Morgan fingerprint density at radius 1 is 1.12 bits per heavy atom. The highest BCUT2D eigenvalue weighted by atomic mass is 15.3. The molecule has 26 heavy (non-hydrogen) atoms. The number of piperidine rings is 1. The van der Waals surface area contributed by atoms with Crippen molar-refractivity contribution in [3.05, 3.63) is 41.7 Å². The predicted octanol–water partition coefficient (Wildman–Crippen LogP) is 4.02. The van der Waals surface area contributed by atoms with Crippen LogP contribution in [0.5, 0.6) is 0 Å². The average molecular weight is 348 g/mol. The predicted molar refractivity (Wildman–Crippen MR) is 105 cm³/mol. The van der Waals surface area contributed by atoms with Crippen molar-refractivity contribution >= 4 is 28.6 Å². The number of hydrogen-bond acceptors (Lipinski definition) is 6. The molecule has 3 aromatic rings. The van der Waals surface area contributed by atoms with Crippen LogP contribution < -0.4 is 10.2 Å². The number of aryl methyl sites for hydroxylation is 2. The molecular weight excluding hydrogens is 324 g/mol. The molecule has 1 aromatic carbocycles. The first kappa shape index (κ1) is 16.7.